The molecule has 4 heterocycles. The minimum Gasteiger partial charge on any atom is -0.339 e. The Morgan fingerprint density at radius 2 is 1.97 bits per heavy atom. The molecule has 2 saturated heterocycles. The van der Waals surface area contributed by atoms with Crippen molar-refractivity contribution in [3.63, 3.8) is 0 Å². The van der Waals surface area contributed by atoms with Crippen LogP contribution in [0.3, 0.4) is 0 Å². The van der Waals surface area contributed by atoms with Gasteiger partial charge in [-0.15, -0.1) is 0 Å². The van der Waals surface area contributed by atoms with Gasteiger partial charge in [0.25, 0.3) is 0 Å². The fourth-order valence-corrected chi connectivity index (χ4v) is 6.34. The van der Waals surface area contributed by atoms with Gasteiger partial charge in [0, 0.05) is 30.9 Å². The predicted molar refractivity (Wildman–Crippen MR) is 130 cm³/mol. The number of aromatic nitrogens is 4. The molecule has 2 aliphatic heterocycles. The lowest BCUT2D eigenvalue weighted by molar-refractivity contribution is -0.132. The summed E-state index contributed by atoms with van der Waals surface area (Å²) < 4.78 is 23.6. The molecule has 2 aromatic rings. The summed E-state index contributed by atoms with van der Waals surface area (Å²) in [6.07, 6.45) is 7.23. The summed E-state index contributed by atoms with van der Waals surface area (Å²) in [5.74, 6) is 2.58. The van der Waals surface area contributed by atoms with Gasteiger partial charge in [-0.1, -0.05) is 13.8 Å². The molecule has 0 saturated carbocycles. The smallest absolute Gasteiger partial charge is 0.245 e. The minimum absolute atomic E-state index is 0.0182. The lowest BCUT2D eigenvalue weighted by Gasteiger charge is -2.32. The van der Waals surface area contributed by atoms with E-state index in [1.165, 1.54) is 0 Å². The Morgan fingerprint density at radius 1 is 1.18 bits per heavy atom. The quantitative estimate of drug-likeness (QED) is 0.633. The van der Waals surface area contributed by atoms with E-state index in [9.17, 15) is 13.2 Å². The van der Waals surface area contributed by atoms with Crippen molar-refractivity contribution in [3.05, 3.63) is 23.1 Å². The van der Waals surface area contributed by atoms with Crippen LogP contribution < -0.4 is 10.2 Å². The van der Waals surface area contributed by atoms with E-state index in [1.54, 1.807) is 4.90 Å². The van der Waals surface area contributed by atoms with Crippen molar-refractivity contribution in [1.29, 1.82) is 0 Å². The normalized spacial score (nSPS) is 21.8. The number of anilines is 3. The number of H-pyrrole nitrogens is 1. The average Bonchev–Trinajstić information content (AvgIpc) is 3.53. The van der Waals surface area contributed by atoms with E-state index in [4.69, 9.17) is 9.97 Å². The molecule has 1 amide bonds. The van der Waals surface area contributed by atoms with Crippen molar-refractivity contribution in [3.8, 4) is 0 Å². The lowest BCUT2D eigenvalue weighted by Crippen LogP contribution is -2.51. The summed E-state index contributed by atoms with van der Waals surface area (Å²) in [6.45, 7) is 5.59. The van der Waals surface area contributed by atoms with Gasteiger partial charge in [0.1, 0.15) is 11.9 Å². The van der Waals surface area contributed by atoms with Crippen molar-refractivity contribution in [1.82, 2.24) is 24.8 Å². The number of imidazole rings is 1. The average molecular weight is 488 g/mol. The number of hydrogen-bond acceptors (Lipinski definition) is 8. The molecule has 2 aromatic heterocycles. The van der Waals surface area contributed by atoms with Crippen molar-refractivity contribution >= 4 is 33.5 Å². The molecular formula is C23H33N7O3S. The number of carbonyl (C=O) groups is 1. The standard InChI is InChI=1S/C23H33N7O3S/c1-15(2)13-16-14-24-22(25-16)27-20-17-5-3-6-18(17)26-23(28-20)30-8-4-7-19(30)21(31)29-9-11-34(32,33)12-10-29/h14-15,19H,3-13H2,1-2H3,(H2,24,25,26,27,28)/t19-/m0/s1. The summed E-state index contributed by atoms with van der Waals surface area (Å²) >= 11 is 0. The van der Waals surface area contributed by atoms with Crippen LogP contribution in [-0.2, 0) is 33.9 Å². The third kappa shape index (κ3) is 4.75. The molecule has 0 aromatic carbocycles. The number of rotatable bonds is 6. The van der Waals surface area contributed by atoms with Crippen LogP contribution in [0.25, 0.3) is 0 Å². The number of amides is 1. The summed E-state index contributed by atoms with van der Waals surface area (Å²) in [4.78, 5) is 34.5. The molecule has 10 nitrogen and oxygen atoms in total. The zero-order valence-electron chi connectivity index (χ0n) is 19.9. The molecule has 34 heavy (non-hydrogen) atoms. The summed E-state index contributed by atoms with van der Waals surface area (Å²) in [5.41, 5.74) is 3.23. The second kappa shape index (κ2) is 9.16. The molecule has 0 spiro atoms. The molecule has 0 bridgehead atoms. The maximum absolute atomic E-state index is 13.3. The Bertz CT molecular complexity index is 1160. The first-order valence-corrected chi connectivity index (χ1v) is 14.1. The highest BCUT2D eigenvalue weighted by Crippen LogP contribution is 2.32. The van der Waals surface area contributed by atoms with Gasteiger partial charge in [0.2, 0.25) is 17.8 Å². The van der Waals surface area contributed by atoms with Crippen molar-refractivity contribution in [2.24, 2.45) is 5.92 Å². The Kier molecular flexibility index (Phi) is 6.22. The second-order valence-electron chi connectivity index (χ2n) is 9.96. The highest BCUT2D eigenvalue weighted by Gasteiger charge is 2.38. The number of nitrogens with zero attached hydrogens (tertiary/aromatic N) is 5. The van der Waals surface area contributed by atoms with Crippen LogP contribution >= 0.6 is 0 Å². The van der Waals surface area contributed by atoms with Crippen molar-refractivity contribution < 1.29 is 13.2 Å². The number of aromatic amines is 1. The van der Waals surface area contributed by atoms with Gasteiger partial charge in [-0.05, 0) is 44.4 Å². The zero-order chi connectivity index (χ0) is 23.9. The van der Waals surface area contributed by atoms with Crippen molar-refractivity contribution in [2.75, 3.05) is 41.4 Å². The number of nitrogens with one attached hydrogen (secondary N) is 2. The Labute approximate surface area is 200 Å². The van der Waals surface area contributed by atoms with Crippen molar-refractivity contribution in [2.45, 2.75) is 58.4 Å². The molecule has 0 unspecified atom stereocenters. The van der Waals surface area contributed by atoms with Crippen LogP contribution in [0, 0.1) is 5.92 Å². The molecule has 2 N–H and O–H groups in total. The molecule has 2 fully saturated rings. The van der Waals surface area contributed by atoms with Gasteiger partial charge < -0.3 is 20.1 Å². The van der Waals surface area contributed by atoms with Gasteiger partial charge in [0.05, 0.1) is 23.4 Å². The summed E-state index contributed by atoms with van der Waals surface area (Å²) in [6, 6.07) is -0.352. The monoisotopic (exact) mass is 487 g/mol. The van der Waals surface area contributed by atoms with Crippen LogP contribution in [0.4, 0.5) is 17.7 Å². The molecule has 3 aliphatic rings. The molecule has 1 aliphatic carbocycles. The highest BCUT2D eigenvalue weighted by molar-refractivity contribution is 7.91. The van der Waals surface area contributed by atoms with Gasteiger partial charge in [0.15, 0.2) is 9.84 Å². The van der Waals surface area contributed by atoms with Gasteiger partial charge in [-0.25, -0.2) is 18.4 Å². The van der Waals surface area contributed by atoms with Crippen LogP contribution in [0.1, 0.15) is 50.1 Å². The van der Waals surface area contributed by atoms with E-state index in [-0.39, 0.29) is 36.5 Å². The second-order valence-corrected chi connectivity index (χ2v) is 12.3. The zero-order valence-corrected chi connectivity index (χ0v) is 20.7. The Hall–Kier alpha value is -2.69. The van der Waals surface area contributed by atoms with E-state index in [2.05, 4.69) is 29.1 Å². The van der Waals surface area contributed by atoms with E-state index >= 15 is 0 Å². The molecule has 11 heteroatoms. The number of hydrogen-bond donors (Lipinski definition) is 2. The first kappa shape index (κ1) is 23.1. The number of carbonyl (C=O) groups excluding carboxylic acids is 1. The molecule has 0 radical (unpaired) electrons. The molecular weight excluding hydrogens is 454 g/mol. The summed E-state index contributed by atoms with van der Waals surface area (Å²) in [7, 11) is -3.04. The van der Waals surface area contributed by atoms with Crippen LogP contribution in [0.5, 0.6) is 0 Å². The van der Waals surface area contributed by atoms with Gasteiger partial charge >= 0.3 is 0 Å². The number of sulfone groups is 1. The maximum Gasteiger partial charge on any atom is 0.245 e. The van der Waals surface area contributed by atoms with Crippen LogP contribution in [-0.4, -0.2) is 76.3 Å². The van der Waals surface area contributed by atoms with Crippen LogP contribution in [0.2, 0.25) is 0 Å². The molecule has 1 atom stereocenters. The number of fused-ring (bicyclic) bond motifs is 1. The minimum atomic E-state index is -3.04. The topological polar surface area (TPSA) is 124 Å². The number of aryl methyl sites for hydroxylation is 1. The van der Waals surface area contributed by atoms with E-state index < -0.39 is 9.84 Å². The highest BCUT2D eigenvalue weighted by atomic mass is 32.2. The third-order valence-electron chi connectivity index (χ3n) is 6.87. The molecule has 184 valence electrons. The van der Waals surface area contributed by atoms with Crippen LogP contribution in [0.15, 0.2) is 6.20 Å². The fourth-order valence-electron chi connectivity index (χ4n) is 5.14. The first-order valence-electron chi connectivity index (χ1n) is 12.3. The van der Waals surface area contributed by atoms with Gasteiger partial charge in [-0.3, -0.25) is 4.79 Å². The van der Waals surface area contributed by atoms with E-state index in [0.717, 1.165) is 61.3 Å². The lowest BCUT2D eigenvalue weighted by atomic mass is 10.1. The Morgan fingerprint density at radius 3 is 2.74 bits per heavy atom. The predicted octanol–water partition coefficient (Wildman–Crippen LogP) is 1.86. The van der Waals surface area contributed by atoms with E-state index in [0.29, 0.717) is 24.4 Å². The summed E-state index contributed by atoms with van der Waals surface area (Å²) in [5, 5.41) is 3.37. The largest absolute Gasteiger partial charge is 0.339 e. The SMILES string of the molecule is CC(C)Cc1cnc(Nc2nc(N3CCC[C@H]3C(=O)N3CCS(=O)(=O)CC3)nc3c2CCC3)[nH]1. The first-order chi connectivity index (χ1) is 16.3. The maximum atomic E-state index is 13.3. The third-order valence-corrected chi connectivity index (χ3v) is 8.47. The van der Waals surface area contributed by atoms with Gasteiger partial charge in [-0.2, -0.15) is 4.98 Å². The molecule has 5 rings (SSSR count). The fraction of sp³-hybridized carbons (Fsp3) is 0.652. The van der Waals surface area contributed by atoms with E-state index in [1.807, 2.05) is 11.1 Å². The Balaban J connectivity index is 1.38.